The standard InChI is InChI=1S/C22H23F2N5O2/c1-12-8-14(10-27-19(12)25)28-20(30)21(31)29-11-13(2)22(23,24)9-18(29)16-4-3-5-17-15(16)6-7-26-17/h3-8,10,13,18,26H,9,11H2,1-2H3,(H2,25,27)(H,28,30)/t13-,18-/m0/s1. The van der Waals surface area contributed by atoms with Gasteiger partial charge < -0.3 is 20.9 Å². The Hall–Kier alpha value is -3.49. The maximum absolute atomic E-state index is 14.7. The first kappa shape index (κ1) is 20.8. The highest BCUT2D eigenvalue weighted by atomic mass is 19.3. The number of fused-ring (bicyclic) bond motifs is 1. The number of anilines is 2. The average Bonchev–Trinajstić information content (AvgIpc) is 3.21. The minimum absolute atomic E-state index is 0.232. The van der Waals surface area contributed by atoms with Gasteiger partial charge >= 0.3 is 11.8 Å². The van der Waals surface area contributed by atoms with E-state index < -0.39 is 36.1 Å². The van der Waals surface area contributed by atoms with Crippen LogP contribution in [-0.2, 0) is 9.59 Å². The molecule has 0 spiro atoms. The van der Waals surface area contributed by atoms with Gasteiger partial charge in [0.1, 0.15) is 5.82 Å². The summed E-state index contributed by atoms with van der Waals surface area (Å²) in [6.07, 6.45) is 2.51. The third kappa shape index (κ3) is 3.83. The fraction of sp³-hybridized carbons (Fsp3) is 0.318. The highest BCUT2D eigenvalue weighted by Crippen LogP contribution is 2.44. The Bertz CT molecular complexity index is 1160. The molecule has 4 rings (SSSR count). The number of likely N-dealkylation sites (tertiary alicyclic amines) is 1. The van der Waals surface area contributed by atoms with Gasteiger partial charge in [-0.05, 0) is 36.2 Å². The first-order valence-electron chi connectivity index (χ1n) is 9.95. The predicted molar refractivity (Wildman–Crippen MR) is 113 cm³/mol. The summed E-state index contributed by atoms with van der Waals surface area (Å²) in [6.45, 7) is 2.88. The number of benzene rings is 1. The number of carbonyl (C=O) groups is 2. The third-order valence-corrected chi connectivity index (χ3v) is 5.85. The molecule has 7 nitrogen and oxygen atoms in total. The lowest BCUT2D eigenvalue weighted by Crippen LogP contribution is -2.52. The van der Waals surface area contributed by atoms with Crippen molar-refractivity contribution in [2.24, 2.45) is 5.92 Å². The topological polar surface area (TPSA) is 104 Å². The predicted octanol–water partition coefficient (Wildman–Crippen LogP) is 3.64. The van der Waals surface area contributed by atoms with Crippen LogP contribution in [0.1, 0.15) is 30.5 Å². The van der Waals surface area contributed by atoms with Crippen molar-refractivity contribution in [3.8, 4) is 0 Å². The monoisotopic (exact) mass is 427 g/mol. The molecule has 2 atom stereocenters. The molecule has 3 heterocycles. The number of aromatic nitrogens is 2. The molecule has 0 saturated carbocycles. The van der Waals surface area contributed by atoms with E-state index >= 15 is 0 Å². The van der Waals surface area contributed by atoms with Crippen LogP contribution < -0.4 is 11.1 Å². The number of amides is 2. The number of piperidine rings is 1. The first-order valence-corrected chi connectivity index (χ1v) is 9.95. The largest absolute Gasteiger partial charge is 0.383 e. The van der Waals surface area contributed by atoms with E-state index in [0.29, 0.717) is 22.6 Å². The number of hydrogen-bond donors (Lipinski definition) is 3. The van der Waals surface area contributed by atoms with Gasteiger partial charge in [0.05, 0.1) is 17.9 Å². The number of nitrogen functional groups attached to an aromatic ring is 1. The summed E-state index contributed by atoms with van der Waals surface area (Å²) in [5.74, 6) is -5.50. The summed E-state index contributed by atoms with van der Waals surface area (Å²) in [7, 11) is 0. The molecular formula is C22H23F2N5O2. The molecule has 1 aliphatic heterocycles. The molecule has 4 N–H and O–H groups in total. The molecule has 31 heavy (non-hydrogen) atoms. The maximum atomic E-state index is 14.7. The number of alkyl halides is 2. The summed E-state index contributed by atoms with van der Waals surface area (Å²) in [5.41, 5.74) is 8.00. The smallest absolute Gasteiger partial charge is 0.313 e. The SMILES string of the molecule is Cc1cc(NC(=O)C(=O)N2C[C@H](C)C(F)(F)C[C@H]2c2cccc3[nH]ccc23)cnc1N. The molecule has 2 aromatic heterocycles. The number of pyridine rings is 1. The van der Waals surface area contributed by atoms with Crippen LogP contribution in [0.2, 0.25) is 0 Å². The lowest BCUT2D eigenvalue weighted by molar-refractivity contribution is -0.158. The zero-order valence-electron chi connectivity index (χ0n) is 17.2. The second kappa shape index (κ2) is 7.64. The molecule has 162 valence electrons. The van der Waals surface area contributed by atoms with Crippen LogP contribution in [0.15, 0.2) is 42.7 Å². The van der Waals surface area contributed by atoms with Gasteiger partial charge in [-0.25, -0.2) is 13.8 Å². The van der Waals surface area contributed by atoms with Gasteiger partial charge in [0.25, 0.3) is 5.92 Å². The lowest BCUT2D eigenvalue weighted by atomic mass is 9.85. The Morgan fingerprint density at radius 1 is 1.32 bits per heavy atom. The van der Waals surface area contributed by atoms with Crippen molar-refractivity contribution in [3.05, 3.63) is 53.9 Å². The molecule has 1 aliphatic rings. The van der Waals surface area contributed by atoms with E-state index in [1.807, 2.05) is 6.07 Å². The van der Waals surface area contributed by atoms with Crippen LogP contribution in [0.5, 0.6) is 0 Å². The van der Waals surface area contributed by atoms with Crippen LogP contribution in [0, 0.1) is 12.8 Å². The van der Waals surface area contributed by atoms with Gasteiger partial charge in [0.2, 0.25) is 0 Å². The normalized spacial score (nSPS) is 20.6. The van der Waals surface area contributed by atoms with Gasteiger partial charge in [-0.2, -0.15) is 0 Å². The van der Waals surface area contributed by atoms with Crippen molar-refractivity contribution in [2.45, 2.75) is 32.2 Å². The van der Waals surface area contributed by atoms with Crippen molar-refractivity contribution < 1.29 is 18.4 Å². The number of aromatic amines is 1. The molecule has 9 heteroatoms. The Kier molecular flexibility index (Phi) is 5.12. The number of aryl methyl sites for hydroxylation is 1. The van der Waals surface area contributed by atoms with Gasteiger partial charge in [-0.3, -0.25) is 9.59 Å². The lowest BCUT2D eigenvalue weighted by Gasteiger charge is -2.43. The second-order valence-electron chi connectivity index (χ2n) is 8.01. The third-order valence-electron chi connectivity index (χ3n) is 5.85. The van der Waals surface area contributed by atoms with E-state index in [0.717, 1.165) is 10.9 Å². The summed E-state index contributed by atoms with van der Waals surface area (Å²) >= 11 is 0. The minimum atomic E-state index is -2.96. The molecule has 0 unspecified atom stereocenters. The maximum Gasteiger partial charge on any atom is 0.313 e. The van der Waals surface area contributed by atoms with Crippen molar-refractivity contribution in [3.63, 3.8) is 0 Å². The molecular weight excluding hydrogens is 404 g/mol. The van der Waals surface area contributed by atoms with Crippen LogP contribution in [0.4, 0.5) is 20.3 Å². The van der Waals surface area contributed by atoms with Crippen LogP contribution in [0.3, 0.4) is 0 Å². The molecule has 0 radical (unpaired) electrons. The molecule has 1 fully saturated rings. The molecule has 0 aliphatic carbocycles. The van der Waals surface area contributed by atoms with E-state index in [1.165, 1.54) is 18.0 Å². The highest BCUT2D eigenvalue weighted by molar-refractivity contribution is 6.39. The van der Waals surface area contributed by atoms with Gasteiger partial charge in [0.15, 0.2) is 0 Å². The number of nitrogens with zero attached hydrogens (tertiary/aromatic N) is 2. The molecule has 1 aromatic carbocycles. The molecule has 2 amide bonds. The zero-order valence-corrected chi connectivity index (χ0v) is 17.2. The van der Waals surface area contributed by atoms with E-state index in [2.05, 4.69) is 15.3 Å². The second-order valence-corrected chi connectivity index (χ2v) is 8.01. The number of H-pyrrole nitrogens is 1. The summed E-state index contributed by atoms with van der Waals surface area (Å²) in [6, 6.07) is 7.74. The van der Waals surface area contributed by atoms with Crippen molar-refractivity contribution >= 4 is 34.2 Å². The van der Waals surface area contributed by atoms with Crippen LogP contribution in [-0.4, -0.2) is 39.1 Å². The van der Waals surface area contributed by atoms with Gasteiger partial charge in [0, 0.05) is 36.0 Å². The Balaban J connectivity index is 1.66. The Morgan fingerprint density at radius 3 is 2.84 bits per heavy atom. The average molecular weight is 427 g/mol. The number of rotatable bonds is 2. The van der Waals surface area contributed by atoms with Crippen LogP contribution in [0.25, 0.3) is 10.9 Å². The zero-order chi connectivity index (χ0) is 22.3. The van der Waals surface area contributed by atoms with E-state index in [4.69, 9.17) is 5.73 Å². The number of hydrogen-bond acceptors (Lipinski definition) is 4. The number of nitrogens with two attached hydrogens (primary N) is 1. The first-order chi connectivity index (χ1) is 14.7. The molecule has 0 bridgehead atoms. The molecule has 1 saturated heterocycles. The number of nitrogens with one attached hydrogen (secondary N) is 2. The Labute approximate surface area is 177 Å². The van der Waals surface area contributed by atoms with Crippen molar-refractivity contribution in [1.29, 1.82) is 0 Å². The summed E-state index contributed by atoms with van der Waals surface area (Å²) < 4.78 is 29.3. The van der Waals surface area contributed by atoms with Gasteiger partial charge in [-0.15, -0.1) is 0 Å². The van der Waals surface area contributed by atoms with Crippen molar-refractivity contribution in [2.75, 3.05) is 17.6 Å². The fourth-order valence-corrected chi connectivity index (χ4v) is 4.00. The minimum Gasteiger partial charge on any atom is -0.383 e. The van der Waals surface area contributed by atoms with E-state index in [9.17, 15) is 18.4 Å². The Morgan fingerprint density at radius 2 is 2.10 bits per heavy atom. The summed E-state index contributed by atoms with van der Waals surface area (Å²) in [5, 5.41) is 3.25. The number of carbonyl (C=O) groups excluding carboxylic acids is 2. The van der Waals surface area contributed by atoms with Crippen LogP contribution >= 0.6 is 0 Å². The van der Waals surface area contributed by atoms with Gasteiger partial charge in [-0.1, -0.05) is 19.1 Å². The fourth-order valence-electron chi connectivity index (χ4n) is 4.00. The summed E-state index contributed by atoms with van der Waals surface area (Å²) in [4.78, 5) is 34.1. The highest BCUT2D eigenvalue weighted by Gasteiger charge is 2.49. The van der Waals surface area contributed by atoms with E-state index in [-0.39, 0.29) is 6.54 Å². The van der Waals surface area contributed by atoms with Crippen molar-refractivity contribution in [1.82, 2.24) is 14.9 Å². The number of halogens is 2. The molecule has 3 aromatic rings. The quantitative estimate of drug-likeness (QED) is 0.543. The van der Waals surface area contributed by atoms with E-state index in [1.54, 1.807) is 37.4 Å².